The predicted octanol–water partition coefficient (Wildman–Crippen LogP) is 3.08. The molecule has 0 radical (unpaired) electrons. The molecule has 134 valence electrons. The molecule has 26 heavy (non-hydrogen) atoms. The number of hydrogen-bond acceptors (Lipinski definition) is 5. The first kappa shape index (κ1) is 17.5. The number of anilines is 1. The first-order valence-corrected chi connectivity index (χ1v) is 7.56. The Hall–Kier alpha value is -3.36. The Bertz CT molecular complexity index is 925. The van der Waals surface area contributed by atoms with Crippen LogP contribution < -0.4 is 10.1 Å². The lowest BCUT2D eigenvalue weighted by atomic mass is 10.2. The third-order valence-electron chi connectivity index (χ3n) is 3.61. The van der Waals surface area contributed by atoms with E-state index in [1.54, 1.807) is 30.2 Å². The van der Waals surface area contributed by atoms with Crippen LogP contribution >= 0.6 is 0 Å². The van der Waals surface area contributed by atoms with Gasteiger partial charge in [0.15, 0.2) is 0 Å². The van der Waals surface area contributed by atoms with Gasteiger partial charge < -0.3 is 14.6 Å². The van der Waals surface area contributed by atoms with Gasteiger partial charge in [-0.25, -0.2) is 18.7 Å². The van der Waals surface area contributed by atoms with Crippen LogP contribution in [0.15, 0.2) is 43.0 Å². The van der Waals surface area contributed by atoms with E-state index in [-0.39, 0.29) is 17.1 Å². The highest BCUT2D eigenvalue weighted by atomic mass is 19.3. The van der Waals surface area contributed by atoms with Crippen LogP contribution in [0.5, 0.6) is 5.75 Å². The fourth-order valence-corrected chi connectivity index (χ4v) is 2.28. The number of pyridine rings is 2. The van der Waals surface area contributed by atoms with E-state index in [0.29, 0.717) is 17.1 Å². The van der Waals surface area contributed by atoms with Gasteiger partial charge in [0, 0.05) is 19.2 Å². The molecule has 0 spiro atoms. The fraction of sp³-hybridized carbons (Fsp3) is 0.176. The van der Waals surface area contributed by atoms with E-state index >= 15 is 0 Å². The Morgan fingerprint density at radius 2 is 2.08 bits per heavy atom. The molecule has 0 saturated carbocycles. The monoisotopic (exact) mass is 359 g/mol. The Balaban J connectivity index is 1.88. The molecule has 3 aromatic rings. The topological polar surface area (TPSA) is 81.9 Å². The lowest BCUT2D eigenvalue weighted by Crippen LogP contribution is -2.14. The van der Waals surface area contributed by atoms with Gasteiger partial charge in [-0.05, 0) is 12.1 Å². The largest absolute Gasteiger partial charge is 0.497 e. The summed E-state index contributed by atoms with van der Waals surface area (Å²) in [5, 5.41) is 2.58. The number of ether oxygens (including phenoxy) is 1. The third-order valence-corrected chi connectivity index (χ3v) is 3.61. The number of aromatic nitrogens is 4. The van der Waals surface area contributed by atoms with Gasteiger partial charge in [-0.1, -0.05) is 0 Å². The summed E-state index contributed by atoms with van der Waals surface area (Å²) in [6.07, 6.45) is 1.74. The average molecular weight is 359 g/mol. The molecule has 0 bridgehead atoms. The van der Waals surface area contributed by atoms with E-state index in [0.717, 1.165) is 6.07 Å². The first-order valence-electron chi connectivity index (χ1n) is 7.56. The summed E-state index contributed by atoms with van der Waals surface area (Å²) in [5.74, 6) is -0.0635. The maximum Gasteiger partial charge on any atom is 0.280 e. The van der Waals surface area contributed by atoms with Crippen molar-refractivity contribution in [2.45, 2.75) is 6.43 Å². The van der Waals surface area contributed by atoms with Crippen molar-refractivity contribution in [2.75, 3.05) is 12.4 Å². The van der Waals surface area contributed by atoms with Gasteiger partial charge in [0.05, 0.1) is 42.9 Å². The Labute approximate surface area is 147 Å². The molecular weight excluding hydrogens is 344 g/mol. The van der Waals surface area contributed by atoms with Crippen molar-refractivity contribution < 1.29 is 18.3 Å². The summed E-state index contributed by atoms with van der Waals surface area (Å²) in [7, 11) is 3.29. The van der Waals surface area contributed by atoms with E-state index in [1.807, 2.05) is 0 Å². The zero-order valence-electron chi connectivity index (χ0n) is 14.0. The molecule has 0 aromatic carbocycles. The lowest BCUT2D eigenvalue weighted by molar-refractivity contribution is 0.102. The highest BCUT2D eigenvalue weighted by Gasteiger charge is 2.15. The number of methoxy groups -OCH3 is 1. The highest BCUT2D eigenvalue weighted by molar-refractivity contribution is 6.03. The van der Waals surface area contributed by atoms with Gasteiger partial charge in [-0.2, -0.15) is 0 Å². The molecule has 0 aliphatic carbocycles. The molecule has 0 fully saturated rings. The molecule has 1 amide bonds. The van der Waals surface area contributed by atoms with E-state index in [1.165, 1.54) is 25.4 Å². The van der Waals surface area contributed by atoms with Crippen LogP contribution in [-0.4, -0.2) is 32.5 Å². The second-order valence-corrected chi connectivity index (χ2v) is 5.39. The molecule has 0 atom stereocenters. The van der Waals surface area contributed by atoms with E-state index < -0.39 is 12.3 Å². The highest BCUT2D eigenvalue weighted by Crippen LogP contribution is 2.23. The number of carbonyl (C=O) groups excluding carboxylic acids is 1. The number of hydrogen-bond donors (Lipinski definition) is 1. The third kappa shape index (κ3) is 3.66. The molecule has 3 aromatic heterocycles. The first-order chi connectivity index (χ1) is 12.5. The van der Waals surface area contributed by atoms with Gasteiger partial charge in [0.2, 0.25) is 0 Å². The standard InChI is InChI=1S/C17H15F2N5O2/c1-24-9-20-8-15(24)13-5-11(26-2)6-14(23-13)17(25)22-10-3-4-12(16(18)19)21-7-10/h3-9,16H,1-2H3,(H,22,25). The minimum absolute atomic E-state index is 0.110. The minimum Gasteiger partial charge on any atom is -0.497 e. The van der Waals surface area contributed by atoms with Crippen LogP contribution in [-0.2, 0) is 7.05 Å². The number of halogens is 2. The van der Waals surface area contributed by atoms with Crippen LogP contribution in [0.4, 0.5) is 14.5 Å². The average Bonchev–Trinajstić information content (AvgIpc) is 3.07. The molecule has 0 aliphatic heterocycles. The summed E-state index contributed by atoms with van der Waals surface area (Å²) in [4.78, 5) is 24.5. The van der Waals surface area contributed by atoms with Crippen LogP contribution in [0.2, 0.25) is 0 Å². The molecule has 3 heterocycles. The number of rotatable bonds is 5. The van der Waals surface area contributed by atoms with Gasteiger partial charge in [0.25, 0.3) is 12.3 Å². The van der Waals surface area contributed by atoms with Gasteiger partial charge >= 0.3 is 0 Å². The summed E-state index contributed by atoms with van der Waals surface area (Å²) >= 11 is 0. The van der Waals surface area contributed by atoms with Crippen molar-refractivity contribution >= 4 is 11.6 Å². The molecule has 0 unspecified atom stereocenters. The fourth-order valence-electron chi connectivity index (χ4n) is 2.28. The van der Waals surface area contributed by atoms with Crippen molar-refractivity contribution in [1.82, 2.24) is 19.5 Å². The zero-order valence-corrected chi connectivity index (χ0v) is 14.0. The molecular formula is C17H15F2N5O2. The summed E-state index contributed by atoms with van der Waals surface area (Å²) in [6, 6.07) is 5.68. The number of nitrogens with zero attached hydrogens (tertiary/aromatic N) is 4. The number of carbonyl (C=O) groups is 1. The van der Waals surface area contributed by atoms with Crippen molar-refractivity contribution in [1.29, 1.82) is 0 Å². The van der Waals surface area contributed by atoms with Crippen LogP contribution in [0.1, 0.15) is 22.6 Å². The van der Waals surface area contributed by atoms with Gasteiger partial charge in [-0.3, -0.25) is 9.78 Å². The van der Waals surface area contributed by atoms with Crippen LogP contribution in [0.25, 0.3) is 11.4 Å². The van der Waals surface area contributed by atoms with Crippen molar-refractivity contribution in [3.63, 3.8) is 0 Å². The molecule has 0 saturated heterocycles. The smallest absolute Gasteiger partial charge is 0.280 e. The van der Waals surface area contributed by atoms with Gasteiger partial charge in [-0.15, -0.1) is 0 Å². The van der Waals surface area contributed by atoms with Crippen LogP contribution in [0, 0.1) is 0 Å². The second-order valence-electron chi connectivity index (χ2n) is 5.39. The SMILES string of the molecule is COc1cc(C(=O)Nc2ccc(C(F)F)nc2)nc(-c2cncn2C)c1. The van der Waals surface area contributed by atoms with Crippen molar-refractivity contribution in [3.05, 3.63) is 54.4 Å². The number of aryl methyl sites for hydroxylation is 1. The molecule has 0 aliphatic rings. The number of alkyl halides is 2. The minimum atomic E-state index is -2.67. The van der Waals surface area contributed by atoms with E-state index in [9.17, 15) is 13.6 Å². The van der Waals surface area contributed by atoms with Crippen molar-refractivity contribution in [3.8, 4) is 17.1 Å². The van der Waals surface area contributed by atoms with Crippen molar-refractivity contribution in [2.24, 2.45) is 7.05 Å². The quantitative estimate of drug-likeness (QED) is 0.757. The lowest BCUT2D eigenvalue weighted by Gasteiger charge is -2.09. The number of amides is 1. The normalized spacial score (nSPS) is 10.8. The second kappa shape index (κ2) is 7.26. The summed E-state index contributed by atoms with van der Waals surface area (Å²) in [6.45, 7) is 0. The number of imidazole rings is 1. The molecule has 9 heteroatoms. The molecule has 7 nitrogen and oxygen atoms in total. The Morgan fingerprint density at radius 1 is 1.27 bits per heavy atom. The Morgan fingerprint density at radius 3 is 2.65 bits per heavy atom. The number of nitrogens with one attached hydrogen (secondary N) is 1. The predicted molar refractivity (Wildman–Crippen MR) is 90.1 cm³/mol. The van der Waals surface area contributed by atoms with Gasteiger partial charge in [0.1, 0.15) is 17.1 Å². The summed E-state index contributed by atoms with van der Waals surface area (Å²) in [5.41, 5.74) is 1.26. The Kier molecular flexibility index (Phi) is 4.87. The maximum atomic E-state index is 12.5. The van der Waals surface area contributed by atoms with E-state index in [4.69, 9.17) is 4.74 Å². The molecule has 1 N–H and O–H groups in total. The van der Waals surface area contributed by atoms with Crippen LogP contribution in [0.3, 0.4) is 0 Å². The zero-order chi connectivity index (χ0) is 18.7. The molecule has 3 rings (SSSR count). The summed E-state index contributed by atoms with van der Waals surface area (Å²) < 4.78 is 32.1. The van der Waals surface area contributed by atoms with E-state index in [2.05, 4.69) is 20.3 Å². The maximum absolute atomic E-state index is 12.5.